The van der Waals surface area contributed by atoms with Gasteiger partial charge in [-0.25, -0.2) is 8.42 Å². The quantitative estimate of drug-likeness (QED) is 0.702. The molecule has 3 aliphatic rings. The second-order valence-electron chi connectivity index (χ2n) is 7.01. The van der Waals surface area contributed by atoms with E-state index in [1.165, 1.54) is 18.7 Å². The summed E-state index contributed by atoms with van der Waals surface area (Å²) in [7, 11) is -3.13. The van der Waals surface area contributed by atoms with E-state index in [-0.39, 0.29) is 34.5 Å². The molecular formula is C18H20N2O5S2. The van der Waals surface area contributed by atoms with Crippen LogP contribution in [-0.4, -0.2) is 60.8 Å². The van der Waals surface area contributed by atoms with E-state index in [1.54, 1.807) is 23.1 Å². The van der Waals surface area contributed by atoms with Crippen LogP contribution in [0.2, 0.25) is 0 Å². The fraction of sp³-hybridized carbons (Fsp3) is 0.500. The Balaban J connectivity index is 1.71. The van der Waals surface area contributed by atoms with Crippen LogP contribution in [0, 0.1) is 0 Å². The van der Waals surface area contributed by atoms with Gasteiger partial charge in [0.15, 0.2) is 20.8 Å². The zero-order chi connectivity index (χ0) is 19.2. The smallest absolute Gasteiger partial charge is 0.277 e. The van der Waals surface area contributed by atoms with Gasteiger partial charge in [0.25, 0.3) is 5.91 Å². The van der Waals surface area contributed by atoms with Gasteiger partial charge in [0.05, 0.1) is 17.5 Å². The number of carbonyl (C=O) groups excluding carboxylic acids is 2. The van der Waals surface area contributed by atoms with Crippen LogP contribution in [0.3, 0.4) is 0 Å². The summed E-state index contributed by atoms with van der Waals surface area (Å²) in [5.74, 6) is -0.320. The van der Waals surface area contributed by atoms with Crippen LogP contribution in [-0.2, 0) is 19.4 Å². The van der Waals surface area contributed by atoms with Gasteiger partial charge in [-0.2, -0.15) is 4.99 Å². The van der Waals surface area contributed by atoms with Crippen molar-refractivity contribution in [1.29, 1.82) is 0 Å². The zero-order valence-electron chi connectivity index (χ0n) is 14.8. The summed E-state index contributed by atoms with van der Waals surface area (Å²) < 4.78 is 29.6. The lowest BCUT2D eigenvalue weighted by Crippen LogP contribution is -2.38. The summed E-state index contributed by atoms with van der Waals surface area (Å²) in [5, 5.41) is 0.313. The fourth-order valence-electron chi connectivity index (χ4n) is 3.68. The highest BCUT2D eigenvalue weighted by Crippen LogP contribution is 2.41. The zero-order valence-corrected chi connectivity index (χ0v) is 16.5. The molecule has 3 atom stereocenters. The Hall–Kier alpha value is -1.71. The van der Waals surface area contributed by atoms with Crippen LogP contribution in [0.4, 0.5) is 5.69 Å². The lowest BCUT2D eigenvalue weighted by Gasteiger charge is -2.25. The number of ether oxygens (including phenoxy) is 1. The van der Waals surface area contributed by atoms with Crippen LogP contribution in [0.5, 0.6) is 0 Å². The second-order valence-corrected chi connectivity index (χ2v) is 10.4. The molecule has 0 radical (unpaired) electrons. The Bertz CT molecular complexity index is 921. The van der Waals surface area contributed by atoms with Gasteiger partial charge in [-0.1, -0.05) is 23.9 Å². The Morgan fingerprint density at radius 1 is 1.30 bits per heavy atom. The Kier molecular flexibility index (Phi) is 4.85. The molecule has 7 nitrogen and oxygen atoms in total. The van der Waals surface area contributed by atoms with Crippen LogP contribution in [0.15, 0.2) is 29.3 Å². The van der Waals surface area contributed by atoms with E-state index in [9.17, 15) is 18.0 Å². The summed E-state index contributed by atoms with van der Waals surface area (Å²) in [4.78, 5) is 30.3. The van der Waals surface area contributed by atoms with Gasteiger partial charge in [0.1, 0.15) is 6.10 Å². The third-order valence-corrected chi connectivity index (χ3v) is 8.22. The molecule has 0 aromatic heterocycles. The van der Waals surface area contributed by atoms with Crippen molar-refractivity contribution in [2.45, 2.75) is 37.2 Å². The topological polar surface area (TPSA) is 93.1 Å². The van der Waals surface area contributed by atoms with E-state index in [1.807, 2.05) is 6.07 Å². The maximum absolute atomic E-state index is 12.5. The van der Waals surface area contributed by atoms with Crippen molar-refractivity contribution < 1.29 is 22.7 Å². The van der Waals surface area contributed by atoms with Crippen molar-refractivity contribution in [3.05, 3.63) is 29.8 Å². The van der Waals surface area contributed by atoms with Crippen LogP contribution in [0.25, 0.3) is 0 Å². The molecule has 3 fully saturated rings. The molecule has 0 aliphatic carbocycles. The lowest BCUT2D eigenvalue weighted by atomic mass is 10.1. The summed E-state index contributed by atoms with van der Waals surface area (Å²) in [6, 6.07) is 6.71. The first-order valence-electron chi connectivity index (χ1n) is 8.85. The van der Waals surface area contributed by atoms with Crippen molar-refractivity contribution in [2.24, 2.45) is 4.99 Å². The van der Waals surface area contributed by atoms with E-state index in [2.05, 4.69) is 4.99 Å². The van der Waals surface area contributed by atoms with Crippen LogP contribution >= 0.6 is 11.8 Å². The maximum atomic E-state index is 12.5. The average molecular weight is 409 g/mol. The third-order valence-electron chi connectivity index (χ3n) is 5.01. The highest BCUT2D eigenvalue weighted by atomic mass is 32.2. The number of hydrogen-bond donors (Lipinski definition) is 0. The highest BCUT2D eigenvalue weighted by Gasteiger charge is 2.49. The molecule has 3 saturated heterocycles. The molecule has 0 spiro atoms. The molecule has 144 valence electrons. The van der Waals surface area contributed by atoms with E-state index in [0.717, 1.165) is 6.42 Å². The Labute approximate surface area is 162 Å². The summed E-state index contributed by atoms with van der Waals surface area (Å²) >= 11 is 1.32. The standard InChI is InChI=1S/C18H20N2O5S2/c1-11(21)12-4-2-5-13(8-12)20-14-9-27(23,24)10-16(14)26-18(20)19-17(22)15-6-3-7-25-15/h2,4-5,8,14-16H,3,6-7,9-10H2,1H3/t14-,15+,16+/m1/s1. The number of anilines is 1. The predicted octanol–water partition coefficient (Wildman–Crippen LogP) is 1.67. The number of sulfone groups is 1. The van der Waals surface area contributed by atoms with Crippen molar-refractivity contribution in [1.82, 2.24) is 0 Å². The number of thioether (sulfide) groups is 1. The van der Waals surface area contributed by atoms with E-state index < -0.39 is 15.9 Å². The van der Waals surface area contributed by atoms with E-state index in [4.69, 9.17) is 4.74 Å². The molecule has 3 heterocycles. The van der Waals surface area contributed by atoms with Crippen LogP contribution in [0.1, 0.15) is 30.1 Å². The van der Waals surface area contributed by atoms with Crippen LogP contribution < -0.4 is 4.90 Å². The van der Waals surface area contributed by atoms with Gasteiger partial charge in [0, 0.05) is 23.1 Å². The number of hydrogen-bond acceptors (Lipinski definition) is 6. The first-order chi connectivity index (χ1) is 12.8. The van der Waals surface area contributed by atoms with Gasteiger partial charge >= 0.3 is 0 Å². The number of aliphatic imine (C=N–C) groups is 1. The second kappa shape index (κ2) is 7.03. The largest absolute Gasteiger partial charge is 0.368 e. The number of amidine groups is 1. The molecule has 3 aliphatic heterocycles. The molecule has 0 saturated carbocycles. The van der Waals surface area contributed by atoms with Gasteiger partial charge in [0.2, 0.25) is 0 Å². The number of carbonyl (C=O) groups is 2. The molecule has 1 aromatic rings. The molecule has 4 rings (SSSR count). The Morgan fingerprint density at radius 2 is 2.11 bits per heavy atom. The molecule has 27 heavy (non-hydrogen) atoms. The van der Waals surface area contributed by atoms with Crippen molar-refractivity contribution >= 4 is 44.1 Å². The third kappa shape index (κ3) is 3.68. The lowest BCUT2D eigenvalue weighted by molar-refractivity contribution is -0.126. The molecule has 9 heteroatoms. The number of benzene rings is 1. The van der Waals surface area contributed by atoms with Gasteiger partial charge in [-0.3, -0.25) is 9.59 Å². The molecule has 1 aromatic carbocycles. The summed E-state index contributed by atoms with van der Waals surface area (Å²) in [6.45, 7) is 2.04. The van der Waals surface area contributed by atoms with E-state index >= 15 is 0 Å². The SMILES string of the molecule is CC(=O)c1cccc(N2C(=NC(=O)[C@@H]3CCCO3)S[C@H]3CS(=O)(=O)C[C@H]32)c1. The summed E-state index contributed by atoms with van der Waals surface area (Å²) in [5.41, 5.74) is 1.21. The van der Waals surface area contributed by atoms with Gasteiger partial charge in [-0.15, -0.1) is 0 Å². The molecule has 0 unspecified atom stereocenters. The van der Waals surface area contributed by atoms with Crippen molar-refractivity contribution in [2.75, 3.05) is 23.0 Å². The molecule has 0 bridgehead atoms. The fourth-order valence-corrected chi connectivity index (χ4v) is 7.60. The molecule has 0 N–H and O–H groups in total. The minimum atomic E-state index is -3.13. The number of amides is 1. The molecule has 1 amide bonds. The maximum Gasteiger partial charge on any atom is 0.277 e. The minimum Gasteiger partial charge on any atom is -0.368 e. The minimum absolute atomic E-state index is 0.0160. The number of rotatable bonds is 3. The number of fused-ring (bicyclic) bond motifs is 1. The van der Waals surface area contributed by atoms with E-state index in [0.29, 0.717) is 29.4 Å². The number of nitrogens with zero attached hydrogens (tertiary/aromatic N) is 2. The highest BCUT2D eigenvalue weighted by molar-refractivity contribution is 8.16. The number of Topliss-reactive ketones (excluding diaryl/α,β-unsaturated/α-hetero) is 1. The monoisotopic (exact) mass is 408 g/mol. The first kappa shape index (κ1) is 18.6. The van der Waals surface area contributed by atoms with Crippen molar-refractivity contribution in [3.63, 3.8) is 0 Å². The van der Waals surface area contributed by atoms with Gasteiger partial charge in [-0.05, 0) is 31.9 Å². The average Bonchev–Trinajstić information content (AvgIpc) is 3.29. The van der Waals surface area contributed by atoms with Crippen molar-refractivity contribution in [3.8, 4) is 0 Å². The number of ketones is 1. The first-order valence-corrected chi connectivity index (χ1v) is 11.6. The molecular weight excluding hydrogens is 388 g/mol. The Morgan fingerprint density at radius 3 is 2.81 bits per heavy atom. The summed E-state index contributed by atoms with van der Waals surface area (Å²) in [6.07, 6.45) is 0.969. The predicted molar refractivity (Wildman–Crippen MR) is 104 cm³/mol. The normalized spacial score (nSPS) is 30.6. The van der Waals surface area contributed by atoms with Gasteiger partial charge < -0.3 is 9.64 Å².